The molecule has 9 nitrogen and oxygen atoms in total. The van der Waals surface area contributed by atoms with E-state index >= 15 is 0 Å². The maximum Gasteiger partial charge on any atom is 0.298 e. The Kier molecular flexibility index (Phi) is 6.64. The average Bonchev–Trinajstić information content (AvgIpc) is 3.35. The number of piperazine rings is 1. The zero-order valence-corrected chi connectivity index (χ0v) is 20.5. The highest BCUT2D eigenvalue weighted by Gasteiger charge is 2.29. The molecule has 1 aliphatic rings. The summed E-state index contributed by atoms with van der Waals surface area (Å²) < 4.78 is 12.9. The quantitative estimate of drug-likeness (QED) is 0.367. The first-order valence-electron chi connectivity index (χ1n) is 11.7. The molecule has 0 amide bonds. The van der Waals surface area contributed by atoms with Gasteiger partial charge in [-0.05, 0) is 31.7 Å². The number of carbonyl (C=O) groups is 1. The van der Waals surface area contributed by atoms with Crippen LogP contribution >= 0.6 is 0 Å². The number of benzene rings is 2. The van der Waals surface area contributed by atoms with Crippen LogP contribution in [0.2, 0.25) is 0 Å². The topological polar surface area (TPSA) is 85.6 Å². The van der Waals surface area contributed by atoms with E-state index < -0.39 is 0 Å². The van der Waals surface area contributed by atoms with Gasteiger partial charge < -0.3 is 23.8 Å². The van der Waals surface area contributed by atoms with E-state index in [1.165, 1.54) is 5.56 Å². The van der Waals surface area contributed by atoms with Gasteiger partial charge >= 0.3 is 0 Å². The molecule has 3 heterocycles. The summed E-state index contributed by atoms with van der Waals surface area (Å²) in [5.41, 5.74) is 4.13. The molecule has 0 saturated carbocycles. The van der Waals surface area contributed by atoms with Gasteiger partial charge in [0, 0.05) is 37.5 Å². The maximum atomic E-state index is 11.4. The van der Waals surface area contributed by atoms with E-state index in [-0.39, 0.29) is 6.04 Å². The van der Waals surface area contributed by atoms with Gasteiger partial charge in [-0.25, -0.2) is 4.98 Å². The largest absolute Gasteiger partial charge is 0.495 e. The Morgan fingerprint density at radius 1 is 1.03 bits per heavy atom. The number of ether oxygens (including phenoxy) is 2. The summed E-state index contributed by atoms with van der Waals surface area (Å²) in [6.45, 7) is 4.87. The van der Waals surface area contributed by atoms with E-state index in [0.717, 1.165) is 36.6 Å². The molecule has 5 rings (SSSR count). The third kappa shape index (κ3) is 4.65. The highest BCUT2D eigenvalue weighted by Crippen LogP contribution is 2.36. The minimum atomic E-state index is 0.104. The number of rotatable bonds is 7. The number of carbonyl (C=O) groups excluding carboxylic acids is 1. The van der Waals surface area contributed by atoms with Gasteiger partial charge in [-0.1, -0.05) is 36.4 Å². The molecular formula is C27H28N6O3. The van der Waals surface area contributed by atoms with Crippen LogP contribution in [0.5, 0.6) is 11.5 Å². The van der Waals surface area contributed by atoms with Crippen molar-refractivity contribution in [2.45, 2.75) is 13.0 Å². The SMILES string of the molecule is COc1cc(-c2nnc(N3CCN(C)CC3c3ccccc3)cc2OC=O)ccc1-n1cnc(C)c1. The van der Waals surface area contributed by atoms with Crippen molar-refractivity contribution in [2.75, 3.05) is 38.7 Å². The van der Waals surface area contributed by atoms with Crippen molar-refractivity contribution in [1.82, 2.24) is 24.6 Å². The summed E-state index contributed by atoms with van der Waals surface area (Å²) >= 11 is 0. The minimum absolute atomic E-state index is 0.104. The van der Waals surface area contributed by atoms with Crippen molar-refractivity contribution in [2.24, 2.45) is 0 Å². The molecular weight excluding hydrogens is 456 g/mol. The predicted molar refractivity (Wildman–Crippen MR) is 137 cm³/mol. The molecule has 1 saturated heterocycles. The number of hydrogen-bond donors (Lipinski definition) is 0. The lowest BCUT2D eigenvalue weighted by atomic mass is 10.0. The van der Waals surface area contributed by atoms with E-state index in [9.17, 15) is 4.79 Å². The zero-order valence-electron chi connectivity index (χ0n) is 20.5. The van der Waals surface area contributed by atoms with Crippen molar-refractivity contribution in [3.8, 4) is 28.4 Å². The Morgan fingerprint density at radius 3 is 2.58 bits per heavy atom. The first-order chi connectivity index (χ1) is 17.6. The van der Waals surface area contributed by atoms with Gasteiger partial charge in [0.15, 0.2) is 11.6 Å². The average molecular weight is 485 g/mol. The molecule has 9 heteroatoms. The lowest BCUT2D eigenvalue weighted by molar-refractivity contribution is -0.120. The van der Waals surface area contributed by atoms with E-state index in [1.807, 2.05) is 54.1 Å². The van der Waals surface area contributed by atoms with Crippen LogP contribution in [-0.4, -0.2) is 64.9 Å². The number of hydrogen-bond acceptors (Lipinski definition) is 8. The molecule has 1 fully saturated rings. The Bertz CT molecular complexity index is 1360. The highest BCUT2D eigenvalue weighted by atomic mass is 16.5. The molecule has 0 N–H and O–H groups in total. The van der Waals surface area contributed by atoms with Gasteiger partial charge in [-0.2, -0.15) is 0 Å². The fraction of sp³-hybridized carbons (Fsp3) is 0.259. The second-order valence-electron chi connectivity index (χ2n) is 8.82. The summed E-state index contributed by atoms with van der Waals surface area (Å²) in [7, 11) is 3.73. The molecule has 1 aliphatic heterocycles. The fourth-order valence-electron chi connectivity index (χ4n) is 4.59. The Labute approximate surface area is 209 Å². The molecule has 0 bridgehead atoms. The number of imidazole rings is 1. The summed E-state index contributed by atoms with van der Waals surface area (Å²) in [4.78, 5) is 20.2. The molecule has 2 aromatic heterocycles. The van der Waals surface area contributed by atoms with Gasteiger partial charge in [-0.15, -0.1) is 10.2 Å². The molecule has 0 aliphatic carbocycles. The van der Waals surface area contributed by atoms with E-state index in [0.29, 0.717) is 29.5 Å². The van der Waals surface area contributed by atoms with Crippen LogP contribution in [0.25, 0.3) is 16.9 Å². The molecule has 1 atom stereocenters. The van der Waals surface area contributed by atoms with Crippen LogP contribution in [0.15, 0.2) is 67.1 Å². The number of aromatic nitrogens is 4. The second kappa shape index (κ2) is 10.2. The van der Waals surface area contributed by atoms with E-state index in [1.54, 1.807) is 19.5 Å². The van der Waals surface area contributed by atoms with Crippen molar-refractivity contribution >= 4 is 12.3 Å². The number of nitrogens with zero attached hydrogens (tertiary/aromatic N) is 6. The molecule has 0 spiro atoms. The zero-order chi connectivity index (χ0) is 25.1. The van der Waals surface area contributed by atoms with Crippen LogP contribution < -0.4 is 14.4 Å². The number of likely N-dealkylation sites (N-methyl/N-ethyl adjacent to an activating group) is 1. The predicted octanol–water partition coefficient (Wildman–Crippen LogP) is 3.67. The first-order valence-corrected chi connectivity index (χ1v) is 11.7. The molecule has 0 radical (unpaired) electrons. The molecule has 4 aromatic rings. The molecule has 184 valence electrons. The van der Waals surface area contributed by atoms with Crippen LogP contribution in [0.1, 0.15) is 17.3 Å². The van der Waals surface area contributed by atoms with Crippen molar-refractivity contribution in [3.63, 3.8) is 0 Å². The standard InChI is InChI=1S/C27H28N6O3/c1-19-15-32(17-28-19)22-10-9-21(13-24(22)35-3)27-25(36-18-34)14-26(29-30-27)33-12-11-31(2)16-23(33)20-7-5-4-6-8-20/h4-10,13-15,17-18,23H,11-12,16H2,1-3H3. The minimum Gasteiger partial charge on any atom is -0.495 e. The normalized spacial score (nSPS) is 16.1. The van der Waals surface area contributed by atoms with Crippen molar-refractivity contribution in [3.05, 3.63) is 78.4 Å². The van der Waals surface area contributed by atoms with Crippen LogP contribution in [0, 0.1) is 6.92 Å². The smallest absolute Gasteiger partial charge is 0.298 e. The first kappa shape index (κ1) is 23.5. The van der Waals surface area contributed by atoms with E-state index in [4.69, 9.17) is 9.47 Å². The Balaban J connectivity index is 1.52. The van der Waals surface area contributed by atoms with Crippen molar-refractivity contribution in [1.29, 1.82) is 0 Å². The summed E-state index contributed by atoms with van der Waals surface area (Å²) in [6, 6.07) is 17.9. The van der Waals surface area contributed by atoms with Gasteiger partial charge in [-0.3, -0.25) is 4.79 Å². The van der Waals surface area contributed by atoms with Crippen molar-refractivity contribution < 1.29 is 14.3 Å². The number of anilines is 1. The molecule has 36 heavy (non-hydrogen) atoms. The Morgan fingerprint density at radius 2 is 1.86 bits per heavy atom. The fourth-order valence-corrected chi connectivity index (χ4v) is 4.59. The van der Waals surface area contributed by atoms with Gasteiger partial charge in [0.1, 0.15) is 11.4 Å². The Hall–Kier alpha value is -4.24. The summed E-state index contributed by atoms with van der Waals surface area (Å²) in [6.07, 6.45) is 3.66. The highest BCUT2D eigenvalue weighted by molar-refractivity contribution is 5.73. The number of aryl methyl sites for hydroxylation is 1. The van der Waals surface area contributed by atoms with Gasteiger partial charge in [0.2, 0.25) is 0 Å². The third-order valence-electron chi connectivity index (χ3n) is 6.43. The summed E-state index contributed by atoms with van der Waals surface area (Å²) in [5, 5.41) is 9.08. The third-order valence-corrected chi connectivity index (χ3v) is 6.43. The molecule has 1 unspecified atom stereocenters. The summed E-state index contributed by atoms with van der Waals surface area (Å²) in [5.74, 6) is 1.64. The molecule has 2 aromatic carbocycles. The lowest BCUT2D eigenvalue weighted by Crippen LogP contribution is -2.47. The van der Waals surface area contributed by atoms with Crippen LogP contribution in [-0.2, 0) is 4.79 Å². The van der Waals surface area contributed by atoms with Gasteiger partial charge in [0.25, 0.3) is 6.47 Å². The van der Waals surface area contributed by atoms with E-state index in [2.05, 4.69) is 44.2 Å². The maximum absolute atomic E-state index is 11.4. The van der Waals surface area contributed by atoms with Gasteiger partial charge in [0.05, 0.1) is 30.9 Å². The number of methoxy groups -OCH3 is 1. The lowest BCUT2D eigenvalue weighted by Gasteiger charge is -2.41. The second-order valence-corrected chi connectivity index (χ2v) is 8.82. The van der Waals surface area contributed by atoms with Crippen LogP contribution in [0.3, 0.4) is 0 Å². The monoisotopic (exact) mass is 484 g/mol. The van der Waals surface area contributed by atoms with Crippen LogP contribution in [0.4, 0.5) is 5.82 Å².